The molecule has 18 heavy (non-hydrogen) atoms. The second kappa shape index (κ2) is 4.48. The summed E-state index contributed by atoms with van der Waals surface area (Å²) in [6.07, 6.45) is 2.34. The largest absolute Gasteiger partial charge is 0.334 e. The van der Waals surface area contributed by atoms with Gasteiger partial charge in [-0.05, 0) is 43.4 Å². The van der Waals surface area contributed by atoms with Crippen molar-refractivity contribution in [2.75, 3.05) is 0 Å². The van der Waals surface area contributed by atoms with Gasteiger partial charge in [0.2, 0.25) is 0 Å². The molecule has 1 aromatic heterocycles. The molecule has 0 amide bonds. The Bertz CT molecular complexity index is 577. The molecule has 0 aliphatic heterocycles. The Morgan fingerprint density at radius 1 is 1.44 bits per heavy atom. The van der Waals surface area contributed by atoms with E-state index >= 15 is 0 Å². The van der Waals surface area contributed by atoms with Gasteiger partial charge in [0.1, 0.15) is 0 Å². The fourth-order valence-electron chi connectivity index (χ4n) is 1.88. The van der Waals surface area contributed by atoms with Gasteiger partial charge in [0.05, 0.1) is 6.04 Å². The van der Waals surface area contributed by atoms with E-state index in [9.17, 15) is 0 Å². The summed E-state index contributed by atoms with van der Waals surface area (Å²) in [7, 11) is 0. The standard InChI is InChI=1S/C13H14BrN3O/c1-7-2-3-9(6-10(7)14)13-16-12(17-18-13)11(15)8-4-5-8/h2-3,6,8,11H,4-5,15H2,1H3. The molecule has 0 saturated heterocycles. The minimum Gasteiger partial charge on any atom is -0.334 e. The summed E-state index contributed by atoms with van der Waals surface area (Å²) in [6.45, 7) is 2.04. The van der Waals surface area contributed by atoms with Gasteiger partial charge in [-0.3, -0.25) is 0 Å². The fourth-order valence-corrected chi connectivity index (χ4v) is 2.26. The van der Waals surface area contributed by atoms with Gasteiger partial charge < -0.3 is 10.3 Å². The van der Waals surface area contributed by atoms with Gasteiger partial charge in [-0.25, -0.2) is 0 Å². The van der Waals surface area contributed by atoms with Gasteiger partial charge in [0, 0.05) is 10.0 Å². The summed E-state index contributed by atoms with van der Waals surface area (Å²) >= 11 is 3.50. The zero-order chi connectivity index (χ0) is 12.7. The first-order valence-corrected chi connectivity index (χ1v) is 6.80. The predicted molar refractivity (Wildman–Crippen MR) is 71.8 cm³/mol. The molecule has 1 saturated carbocycles. The van der Waals surface area contributed by atoms with E-state index in [4.69, 9.17) is 10.3 Å². The maximum Gasteiger partial charge on any atom is 0.258 e. The van der Waals surface area contributed by atoms with Gasteiger partial charge in [-0.1, -0.05) is 27.2 Å². The van der Waals surface area contributed by atoms with Crippen LogP contribution in [0.3, 0.4) is 0 Å². The van der Waals surface area contributed by atoms with Gasteiger partial charge in [0.25, 0.3) is 5.89 Å². The van der Waals surface area contributed by atoms with Crippen LogP contribution in [0.1, 0.15) is 30.3 Å². The number of aromatic nitrogens is 2. The van der Waals surface area contributed by atoms with Crippen LogP contribution in [0.4, 0.5) is 0 Å². The number of benzene rings is 1. The molecule has 0 bridgehead atoms. The van der Waals surface area contributed by atoms with Crippen molar-refractivity contribution >= 4 is 15.9 Å². The lowest BCUT2D eigenvalue weighted by Gasteiger charge is -2.02. The minimum absolute atomic E-state index is 0.0867. The summed E-state index contributed by atoms with van der Waals surface area (Å²) in [4.78, 5) is 4.39. The molecule has 1 atom stereocenters. The smallest absolute Gasteiger partial charge is 0.258 e. The molecular weight excluding hydrogens is 294 g/mol. The monoisotopic (exact) mass is 307 g/mol. The number of hydrogen-bond donors (Lipinski definition) is 1. The molecule has 1 aromatic carbocycles. The maximum atomic E-state index is 6.05. The summed E-state index contributed by atoms with van der Waals surface area (Å²) in [5.41, 5.74) is 8.14. The van der Waals surface area contributed by atoms with Crippen molar-refractivity contribution in [2.24, 2.45) is 11.7 Å². The molecule has 1 aliphatic carbocycles. The molecule has 0 radical (unpaired) electrons. The first-order chi connectivity index (χ1) is 8.65. The van der Waals surface area contributed by atoms with E-state index < -0.39 is 0 Å². The van der Waals surface area contributed by atoms with Crippen LogP contribution >= 0.6 is 15.9 Å². The molecule has 0 spiro atoms. The van der Waals surface area contributed by atoms with E-state index in [0.717, 1.165) is 10.0 Å². The van der Waals surface area contributed by atoms with Gasteiger partial charge in [-0.15, -0.1) is 0 Å². The minimum atomic E-state index is -0.0867. The van der Waals surface area contributed by atoms with Crippen molar-refractivity contribution in [2.45, 2.75) is 25.8 Å². The SMILES string of the molecule is Cc1ccc(-c2nc(C(N)C3CC3)no2)cc1Br. The van der Waals surface area contributed by atoms with Crippen molar-refractivity contribution in [1.82, 2.24) is 10.1 Å². The van der Waals surface area contributed by atoms with Crippen LogP contribution in [0.25, 0.3) is 11.5 Å². The van der Waals surface area contributed by atoms with Crippen LogP contribution in [-0.2, 0) is 0 Å². The molecule has 3 rings (SSSR count). The molecule has 1 heterocycles. The normalized spacial score (nSPS) is 16.8. The molecular formula is C13H14BrN3O. The van der Waals surface area contributed by atoms with Gasteiger partial charge in [-0.2, -0.15) is 4.98 Å². The topological polar surface area (TPSA) is 64.9 Å². The number of rotatable bonds is 3. The van der Waals surface area contributed by atoms with Crippen molar-refractivity contribution in [3.8, 4) is 11.5 Å². The Balaban J connectivity index is 1.89. The highest BCUT2D eigenvalue weighted by atomic mass is 79.9. The number of halogens is 1. The highest BCUT2D eigenvalue weighted by Gasteiger charge is 2.32. The highest BCUT2D eigenvalue weighted by Crippen LogP contribution is 2.38. The average Bonchev–Trinajstić information content (AvgIpc) is 3.09. The van der Waals surface area contributed by atoms with Crippen LogP contribution < -0.4 is 5.73 Å². The van der Waals surface area contributed by atoms with E-state index in [1.165, 1.54) is 18.4 Å². The van der Waals surface area contributed by atoms with Crippen LogP contribution in [0.15, 0.2) is 27.2 Å². The van der Waals surface area contributed by atoms with Gasteiger partial charge in [0.15, 0.2) is 5.82 Å². The number of aryl methyl sites for hydroxylation is 1. The van der Waals surface area contributed by atoms with Crippen LogP contribution in [0, 0.1) is 12.8 Å². The van der Waals surface area contributed by atoms with E-state index in [1.54, 1.807) is 0 Å². The zero-order valence-corrected chi connectivity index (χ0v) is 11.6. The molecule has 94 valence electrons. The number of nitrogens with two attached hydrogens (primary N) is 1. The average molecular weight is 308 g/mol. The Labute approximate surface area is 114 Å². The third-order valence-corrected chi connectivity index (χ3v) is 4.14. The second-order valence-corrected chi connectivity index (χ2v) is 5.64. The Kier molecular flexibility index (Phi) is 2.95. The summed E-state index contributed by atoms with van der Waals surface area (Å²) in [5, 5.41) is 3.98. The van der Waals surface area contributed by atoms with E-state index in [1.807, 2.05) is 25.1 Å². The van der Waals surface area contributed by atoms with Crippen LogP contribution in [-0.4, -0.2) is 10.1 Å². The van der Waals surface area contributed by atoms with Crippen LogP contribution in [0.5, 0.6) is 0 Å². The zero-order valence-electron chi connectivity index (χ0n) is 10.1. The maximum absolute atomic E-state index is 6.05. The first kappa shape index (κ1) is 11.9. The summed E-state index contributed by atoms with van der Waals surface area (Å²) in [5.74, 6) is 1.67. The lowest BCUT2D eigenvalue weighted by molar-refractivity contribution is 0.411. The second-order valence-electron chi connectivity index (χ2n) is 4.78. The molecule has 5 heteroatoms. The van der Waals surface area contributed by atoms with Crippen molar-refractivity contribution in [3.05, 3.63) is 34.1 Å². The highest BCUT2D eigenvalue weighted by molar-refractivity contribution is 9.10. The molecule has 1 aliphatic rings. The molecule has 1 fully saturated rings. The van der Waals surface area contributed by atoms with Crippen molar-refractivity contribution in [3.63, 3.8) is 0 Å². The first-order valence-electron chi connectivity index (χ1n) is 6.01. The molecule has 2 N–H and O–H groups in total. The predicted octanol–water partition coefficient (Wildman–Crippen LogP) is 3.22. The third-order valence-electron chi connectivity index (χ3n) is 3.29. The lowest BCUT2D eigenvalue weighted by atomic mass is 10.1. The van der Waals surface area contributed by atoms with Crippen molar-refractivity contribution < 1.29 is 4.52 Å². The summed E-state index contributed by atoms with van der Waals surface area (Å²) in [6, 6.07) is 5.88. The Morgan fingerprint density at radius 3 is 2.89 bits per heavy atom. The molecule has 1 unspecified atom stereocenters. The molecule has 4 nitrogen and oxygen atoms in total. The third kappa shape index (κ3) is 2.20. The van der Waals surface area contributed by atoms with E-state index in [-0.39, 0.29) is 6.04 Å². The molecule has 2 aromatic rings. The van der Waals surface area contributed by atoms with Crippen LogP contribution in [0.2, 0.25) is 0 Å². The van der Waals surface area contributed by atoms with Crippen molar-refractivity contribution in [1.29, 1.82) is 0 Å². The Morgan fingerprint density at radius 2 is 2.22 bits per heavy atom. The summed E-state index contributed by atoms with van der Waals surface area (Å²) < 4.78 is 6.32. The quantitative estimate of drug-likeness (QED) is 0.945. The van der Waals surface area contributed by atoms with Gasteiger partial charge >= 0.3 is 0 Å². The Hall–Kier alpha value is -1.20. The fraction of sp³-hybridized carbons (Fsp3) is 0.385. The number of hydrogen-bond acceptors (Lipinski definition) is 4. The lowest BCUT2D eigenvalue weighted by Crippen LogP contribution is -2.13. The van der Waals surface area contributed by atoms with E-state index in [0.29, 0.717) is 17.6 Å². The number of nitrogens with zero attached hydrogens (tertiary/aromatic N) is 2. The van der Waals surface area contributed by atoms with E-state index in [2.05, 4.69) is 26.1 Å².